The first kappa shape index (κ1) is 14.5. The SMILES string of the molecule is CCCc1ccc(NC(=O)NC(=O)CCCl)cc1. The van der Waals surface area contributed by atoms with Crippen LogP contribution in [0.25, 0.3) is 0 Å². The molecular formula is C13H17ClN2O2. The Hall–Kier alpha value is -1.55. The minimum atomic E-state index is -0.534. The van der Waals surface area contributed by atoms with Crippen LogP contribution >= 0.6 is 11.6 Å². The second-order valence-corrected chi connectivity index (χ2v) is 4.27. The van der Waals surface area contributed by atoms with Gasteiger partial charge in [0, 0.05) is 18.0 Å². The van der Waals surface area contributed by atoms with Crippen molar-refractivity contribution >= 4 is 29.2 Å². The molecule has 0 aliphatic rings. The highest BCUT2D eigenvalue weighted by Gasteiger charge is 2.06. The van der Waals surface area contributed by atoms with Gasteiger partial charge in [-0.25, -0.2) is 4.79 Å². The first-order valence-corrected chi connectivity index (χ1v) is 6.45. The van der Waals surface area contributed by atoms with Gasteiger partial charge < -0.3 is 5.32 Å². The summed E-state index contributed by atoms with van der Waals surface area (Å²) in [7, 11) is 0. The van der Waals surface area contributed by atoms with E-state index in [1.54, 1.807) is 0 Å². The molecule has 18 heavy (non-hydrogen) atoms. The number of carbonyl (C=O) groups excluding carboxylic acids is 2. The van der Waals surface area contributed by atoms with E-state index in [0.717, 1.165) is 12.8 Å². The van der Waals surface area contributed by atoms with E-state index in [-0.39, 0.29) is 18.2 Å². The number of benzene rings is 1. The van der Waals surface area contributed by atoms with Crippen molar-refractivity contribution < 1.29 is 9.59 Å². The van der Waals surface area contributed by atoms with Crippen molar-refractivity contribution in [2.45, 2.75) is 26.2 Å². The molecule has 0 fully saturated rings. The Morgan fingerprint density at radius 2 is 1.89 bits per heavy atom. The summed E-state index contributed by atoms with van der Waals surface area (Å²) in [5.41, 5.74) is 1.88. The van der Waals surface area contributed by atoms with Crippen LogP contribution in [0.15, 0.2) is 24.3 Å². The molecular weight excluding hydrogens is 252 g/mol. The summed E-state index contributed by atoms with van der Waals surface area (Å²) in [4.78, 5) is 22.5. The number of nitrogens with one attached hydrogen (secondary N) is 2. The minimum Gasteiger partial charge on any atom is -0.308 e. The van der Waals surface area contributed by atoms with Crippen molar-refractivity contribution in [2.24, 2.45) is 0 Å². The fourth-order valence-corrected chi connectivity index (χ4v) is 1.65. The molecule has 3 amide bonds. The second-order valence-electron chi connectivity index (χ2n) is 3.89. The average molecular weight is 269 g/mol. The van der Waals surface area contributed by atoms with E-state index in [4.69, 9.17) is 11.6 Å². The largest absolute Gasteiger partial charge is 0.325 e. The van der Waals surface area contributed by atoms with Crippen molar-refractivity contribution in [1.29, 1.82) is 0 Å². The first-order valence-electron chi connectivity index (χ1n) is 5.91. The number of rotatable bonds is 5. The molecule has 2 N–H and O–H groups in total. The number of halogens is 1. The Bertz CT molecular complexity index is 404. The van der Waals surface area contributed by atoms with Crippen molar-refractivity contribution in [2.75, 3.05) is 11.2 Å². The number of hydrogen-bond acceptors (Lipinski definition) is 2. The van der Waals surface area contributed by atoms with Gasteiger partial charge in [0.1, 0.15) is 0 Å². The van der Waals surface area contributed by atoms with E-state index in [1.807, 2.05) is 24.3 Å². The number of anilines is 1. The maximum absolute atomic E-state index is 11.4. The smallest absolute Gasteiger partial charge is 0.308 e. The van der Waals surface area contributed by atoms with Crippen LogP contribution in [0.2, 0.25) is 0 Å². The van der Waals surface area contributed by atoms with E-state index in [1.165, 1.54) is 5.56 Å². The number of imide groups is 1. The molecule has 0 radical (unpaired) electrons. The molecule has 0 heterocycles. The predicted octanol–water partition coefficient (Wildman–Crippen LogP) is 2.92. The van der Waals surface area contributed by atoms with Crippen LogP contribution < -0.4 is 10.6 Å². The normalized spacial score (nSPS) is 9.89. The maximum atomic E-state index is 11.4. The van der Waals surface area contributed by atoms with Crippen molar-refractivity contribution in [3.63, 3.8) is 0 Å². The van der Waals surface area contributed by atoms with Gasteiger partial charge in [-0.2, -0.15) is 0 Å². The lowest BCUT2D eigenvalue weighted by Crippen LogP contribution is -2.34. The van der Waals surface area contributed by atoms with Crippen molar-refractivity contribution in [1.82, 2.24) is 5.32 Å². The average Bonchev–Trinajstić information content (AvgIpc) is 2.32. The zero-order valence-electron chi connectivity index (χ0n) is 10.3. The summed E-state index contributed by atoms with van der Waals surface area (Å²) >= 11 is 5.39. The lowest BCUT2D eigenvalue weighted by atomic mass is 10.1. The molecule has 0 bridgehead atoms. The predicted molar refractivity (Wildman–Crippen MR) is 72.9 cm³/mol. The Morgan fingerprint density at radius 1 is 1.22 bits per heavy atom. The standard InChI is InChI=1S/C13H17ClN2O2/c1-2-3-10-4-6-11(7-5-10)15-13(18)16-12(17)8-9-14/h4-7H,2-3,8-9H2,1H3,(H2,15,16,17,18). The fraction of sp³-hybridized carbons (Fsp3) is 0.385. The molecule has 0 aromatic heterocycles. The van der Waals surface area contributed by atoms with Crippen LogP contribution in [-0.4, -0.2) is 17.8 Å². The molecule has 5 heteroatoms. The van der Waals surface area contributed by atoms with Gasteiger partial charge in [-0.15, -0.1) is 11.6 Å². The monoisotopic (exact) mass is 268 g/mol. The van der Waals surface area contributed by atoms with E-state index in [9.17, 15) is 9.59 Å². The summed E-state index contributed by atoms with van der Waals surface area (Å²) < 4.78 is 0. The summed E-state index contributed by atoms with van der Waals surface area (Å²) in [5.74, 6) is -0.185. The molecule has 1 aromatic rings. The maximum Gasteiger partial charge on any atom is 0.325 e. The molecule has 0 spiro atoms. The zero-order chi connectivity index (χ0) is 13.4. The first-order chi connectivity index (χ1) is 8.65. The van der Waals surface area contributed by atoms with Crippen LogP contribution in [0, 0.1) is 0 Å². The third-order valence-electron chi connectivity index (χ3n) is 2.32. The number of hydrogen-bond donors (Lipinski definition) is 2. The molecule has 0 saturated carbocycles. The summed E-state index contributed by atoms with van der Waals surface area (Å²) in [6.07, 6.45) is 2.23. The van der Waals surface area contributed by atoms with Crippen molar-refractivity contribution in [3.05, 3.63) is 29.8 Å². The van der Waals surface area contributed by atoms with E-state index in [0.29, 0.717) is 5.69 Å². The number of amides is 3. The van der Waals surface area contributed by atoms with Gasteiger partial charge in [-0.05, 0) is 24.1 Å². The number of aryl methyl sites for hydroxylation is 1. The van der Waals surface area contributed by atoms with Crippen molar-refractivity contribution in [3.8, 4) is 0 Å². The summed E-state index contributed by atoms with van der Waals surface area (Å²) in [5, 5.41) is 4.78. The summed E-state index contributed by atoms with van der Waals surface area (Å²) in [6, 6.07) is 7.01. The highest BCUT2D eigenvalue weighted by molar-refractivity contribution is 6.19. The molecule has 1 rings (SSSR count). The number of alkyl halides is 1. The molecule has 0 aliphatic carbocycles. The van der Waals surface area contributed by atoms with Crippen LogP contribution in [0.1, 0.15) is 25.3 Å². The van der Waals surface area contributed by atoms with Gasteiger partial charge in [0.25, 0.3) is 0 Å². The third-order valence-corrected chi connectivity index (χ3v) is 2.51. The van der Waals surface area contributed by atoms with E-state index < -0.39 is 6.03 Å². The van der Waals surface area contributed by atoms with Crippen LogP contribution in [0.4, 0.5) is 10.5 Å². The lowest BCUT2D eigenvalue weighted by Gasteiger charge is -2.07. The molecule has 98 valence electrons. The van der Waals surface area contributed by atoms with Crippen LogP contribution in [0.3, 0.4) is 0 Å². The van der Waals surface area contributed by atoms with Crippen LogP contribution in [0.5, 0.6) is 0 Å². The highest BCUT2D eigenvalue weighted by Crippen LogP contribution is 2.10. The minimum absolute atomic E-state index is 0.129. The molecule has 0 aliphatic heterocycles. The Kier molecular flexibility index (Phi) is 6.22. The molecule has 0 unspecified atom stereocenters. The molecule has 0 saturated heterocycles. The lowest BCUT2D eigenvalue weighted by molar-refractivity contribution is -0.119. The Morgan fingerprint density at radius 3 is 2.44 bits per heavy atom. The zero-order valence-corrected chi connectivity index (χ0v) is 11.1. The fourth-order valence-electron chi connectivity index (χ4n) is 1.48. The van der Waals surface area contributed by atoms with Gasteiger partial charge >= 0.3 is 6.03 Å². The highest BCUT2D eigenvalue weighted by atomic mass is 35.5. The van der Waals surface area contributed by atoms with Gasteiger partial charge in [-0.3, -0.25) is 10.1 Å². The topological polar surface area (TPSA) is 58.2 Å². The summed E-state index contributed by atoms with van der Waals surface area (Å²) in [6.45, 7) is 2.11. The van der Waals surface area contributed by atoms with Crippen LogP contribution in [-0.2, 0) is 11.2 Å². The van der Waals surface area contributed by atoms with E-state index >= 15 is 0 Å². The number of urea groups is 1. The molecule has 4 nitrogen and oxygen atoms in total. The molecule has 1 aromatic carbocycles. The molecule has 0 atom stereocenters. The third kappa shape index (κ3) is 5.19. The quantitative estimate of drug-likeness (QED) is 0.807. The number of carbonyl (C=O) groups is 2. The second kappa shape index (κ2) is 7.71. The van der Waals surface area contributed by atoms with Gasteiger partial charge in [0.15, 0.2) is 0 Å². The van der Waals surface area contributed by atoms with Gasteiger partial charge in [0.2, 0.25) is 5.91 Å². The van der Waals surface area contributed by atoms with E-state index in [2.05, 4.69) is 17.6 Å². The van der Waals surface area contributed by atoms with Gasteiger partial charge in [0.05, 0.1) is 0 Å². The Labute approximate surface area is 112 Å². The van der Waals surface area contributed by atoms with Gasteiger partial charge in [-0.1, -0.05) is 25.5 Å². The Balaban J connectivity index is 2.46.